The highest BCUT2D eigenvalue weighted by Gasteiger charge is 2.26. The van der Waals surface area contributed by atoms with E-state index in [0.717, 1.165) is 19.6 Å². The number of halogens is 1. The fourth-order valence-corrected chi connectivity index (χ4v) is 4.89. The van der Waals surface area contributed by atoms with Gasteiger partial charge in [-0.15, -0.1) is 0 Å². The molecule has 8 nitrogen and oxygen atoms in total. The summed E-state index contributed by atoms with van der Waals surface area (Å²) in [5.74, 6) is -0.173. The fraction of sp³-hybridized carbons (Fsp3) is 0.259. The zero-order valence-electron chi connectivity index (χ0n) is 20.1. The SMILES string of the molecule is Cc1cccc(N2CCN(Cc3nc4ccc([N+](=O)[O-])cc4c(=O)n3-c3ccccc3F)C[C@H]2C)c1. The van der Waals surface area contributed by atoms with E-state index in [1.165, 1.54) is 46.1 Å². The molecule has 1 fully saturated rings. The van der Waals surface area contributed by atoms with Gasteiger partial charge in [-0.2, -0.15) is 0 Å². The molecule has 0 N–H and O–H groups in total. The molecule has 2 heterocycles. The van der Waals surface area contributed by atoms with Gasteiger partial charge in [0.05, 0.1) is 28.1 Å². The predicted octanol–water partition coefficient (Wildman–Crippen LogP) is 4.45. The maximum Gasteiger partial charge on any atom is 0.270 e. The minimum atomic E-state index is -0.565. The van der Waals surface area contributed by atoms with Gasteiger partial charge in [-0.3, -0.25) is 24.4 Å². The van der Waals surface area contributed by atoms with Crippen molar-refractivity contribution in [1.82, 2.24) is 14.5 Å². The number of nitro benzene ring substituents is 1. The molecule has 0 amide bonds. The second kappa shape index (κ2) is 9.50. The van der Waals surface area contributed by atoms with Crippen LogP contribution in [0.15, 0.2) is 71.5 Å². The van der Waals surface area contributed by atoms with Gasteiger partial charge in [0.25, 0.3) is 11.2 Å². The van der Waals surface area contributed by atoms with E-state index in [0.29, 0.717) is 17.9 Å². The molecule has 1 aliphatic rings. The van der Waals surface area contributed by atoms with Crippen molar-refractivity contribution in [3.8, 4) is 5.69 Å². The highest BCUT2D eigenvalue weighted by Crippen LogP contribution is 2.24. The smallest absolute Gasteiger partial charge is 0.270 e. The molecule has 0 radical (unpaired) electrons. The van der Waals surface area contributed by atoms with Crippen molar-refractivity contribution in [2.24, 2.45) is 0 Å². The third-order valence-corrected chi connectivity index (χ3v) is 6.64. The molecule has 0 spiro atoms. The number of fused-ring (bicyclic) bond motifs is 1. The lowest BCUT2D eigenvalue weighted by Gasteiger charge is -2.41. The standard InChI is InChI=1S/C27H26FN5O3/c1-18-6-5-7-20(14-18)31-13-12-30(16-19(31)2)17-26-29-24-11-10-21(33(35)36)15-22(24)27(34)32(26)25-9-4-3-8-23(25)28/h3-11,14-15,19H,12-13,16-17H2,1-2H3/t19-/m1/s1. The zero-order chi connectivity index (χ0) is 25.4. The first-order chi connectivity index (χ1) is 17.3. The van der Waals surface area contributed by atoms with E-state index in [1.807, 2.05) is 0 Å². The summed E-state index contributed by atoms with van der Waals surface area (Å²) < 4.78 is 16.1. The number of aryl methyl sites for hydroxylation is 1. The normalized spacial score (nSPS) is 16.4. The third-order valence-electron chi connectivity index (χ3n) is 6.64. The second-order valence-electron chi connectivity index (χ2n) is 9.20. The Morgan fingerprint density at radius 1 is 1.08 bits per heavy atom. The number of para-hydroxylation sites is 1. The van der Waals surface area contributed by atoms with Gasteiger partial charge >= 0.3 is 0 Å². The lowest BCUT2D eigenvalue weighted by Crippen LogP contribution is -2.52. The Bertz CT molecular complexity index is 1520. The second-order valence-corrected chi connectivity index (χ2v) is 9.20. The number of hydrogen-bond donors (Lipinski definition) is 0. The fourth-order valence-electron chi connectivity index (χ4n) is 4.89. The van der Waals surface area contributed by atoms with Gasteiger partial charge in [-0.05, 0) is 49.7 Å². The van der Waals surface area contributed by atoms with E-state index in [4.69, 9.17) is 0 Å². The van der Waals surface area contributed by atoms with E-state index < -0.39 is 16.3 Å². The maximum atomic E-state index is 14.8. The van der Waals surface area contributed by atoms with Gasteiger partial charge in [-0.1, -0.05) is 24.3 Å². The molecule has 0 aliphatic carbocycles. The zero-order valence-corrected chi connectivity index (χ0v) is 20.1. The van der Waals surface area contributed by atoms with Gasteiger partial charge in [-0.25, -0.2) is 9.37 Å². The lowest BCUT2D eigenvalue weighted by atomic mass is 10.1. The van der Waals surface area contributed by atoms with Crippen molar-refractivity contribution in [3.63, 3.8) is 0 Å². The van der Waals surface area contributed by atoms with Gasteiger partial charge in [0.2, 0.25) is 0 Å². The molecular weight excluding hydrogens is 461 g/mol. The molecule has 0 saturated carbocycles. The van der Waals surface area contributed by atoms with Crippen LogP contribution in [-0.4, -0.2) is 45.1 Å². The Kier molecular flexibility index (Phi) is 6.24. The summed E-state index contributed by atoms with van der Waals surface area (Å²) in [7, 11) is 0. The van der Waals surface area contributed by atoms with E-state index >= 15 is 0 Å². The number of aromatic nitrogens is 2. The van der Waals surface area contributed by atoms with Gasteiger partial charge in [0.15, 0.2) is 0 Å². The van der Waals surface area contributed by atoms with Gasteiger partial charge in [0.1, 0.15) is 11.6 Å². The molecular formula is C27H26FN5O3. The highest BCUT2D eigenvalue weighted by atomic mass is 19.1. The van der Waals surface area contributed by atoms with Crippen LogP contribution in [0.2, 0.25) is 0 Å². The maximum absolute atomic E-state index is 14.8. The molecule has 4 aromatic rings. The predicted molar refractivity (Wildman–Crippen MR) is 137 cm³/mol. The Morgan fingerprint density at radius 2 is 1.89 bits per heavy atom. The molecule has 0 bridgehead atoms. The first-order valence-corrected chi connectivity index (χ1v) is 11.8. The highest BCUT2D eigenvalue weighted by molar-refractivity contribution is 5.80. The van der Waals surface area contributed by atoms with E-state index in [9.17, 15) is 19.3 Å². The Balaban J connectivity index is 1.52. The number of anilines is 1. The van der Waals surface area contributed by atoms with E-state index in [-0.39, 0.29) is 22.8 Å². The van der Waals surface area contributed by atoms with Gasteiger partial charge < -0.3 is 4.90 Å². The third kappa shape index (κ3) is 4.45. The Hall–Kier alpha value is -4.11. The summed E-state index contributed by atoms with van der Waals surface area (Å²) >= 11 is 0. The van der Waals surface area contributed by atoms with Crippen LogP contribution in [0.4, 0.5) is 15.8 Å². The summed E-state index contributed by atoms with van der Waals surface area (Å²) in [6, 6.07) is 18.6. The van der Waals surface area contributed by atoms with Crippen LogP contribution in [0.25, 0.3) is 16.6 Å². The molecule has 1 aromatic heterocycles. The molecule has 0 unspecified atom stereocenters. The van der Waals surface area contributed by atoms with Crippen molar-refractivity contribution >= 4 is 22.3 Å². The average Bonchev–Trinajstić information content (AvgIpc) is 2.85. The largest absolute Gasteiger partial charge is 0.366 e. The molecule has 9 heteroatoms. The van der Waals surface area contributed by atoms with Crippen molar-refractivity contribution in [2.45, 2.75) is 26.4 Å². The first-order valence-electron chi connectivity index (χ1n) is 11.8. The Morgan fingerprint density at radius 3 is 2.61 bits per heavy atom. The van der Waals surface area contributed by atoms with Crippen molar-refractivity contribution in [2.75, 3.05) is 24.5 Å². The minimum Gasteiger partial charge on any atom is -0.366 e. The summed E-state index contributed by atoms with van der Waals surface area (Å²) in [6.07, 6.45) is 0. The number of hydrogen-bond acceptors (Lipinski definition) is 6. The topological polar surface area (TPSA) is 84.5 Å². The first kappa shape index (κ1) is 23.6. The molecule has 184 valence electrons. The number of nitrogens with zero attached hydrogens (tertiary/aromatic N) is 5. The summed E-state index contributed by atoms with van der Waals surface area (Å²) in [5.41, 5.74) is 2.06. The molecule has 1 atom stereocenters. The van der Waals surface area contributed by atoms with Crippen LogP contribution in [0.5, 0.6) is 0 Å². The van der Waals surface area contributed by atoms with Crippen LogP contribution in [0.1, 0.15) is 18.3 Å². The average molecular weight is 488 g/mol. The van der Waals surface area contributed by atoms with E-state index in [2.05, 4.69) is 52.9 Å². The van der Waals surface area contributed by atoms with Gasteiger partial charge in [0, 0.05) is 43.5 Å². The summed E-state index contributed by atoms with van der Waals surface area (Å²) in [5, 5.41) is 11.4. The number of rotatable bonds is 5. The van der Waals surface area contributed by atoms with Crippen LogP contribution >= 0.6 is 0 Å². The monoisotopic (exact) mass is 487 g/mol. The van der Waals surface area contributed by atoms with Crippen molar-refractivity contribution in [3.05, 3.63) is 104 Å². The number of benzene rings is 3. The molecule has 3 aromatic carbocycles. The molecule has 1 saturated heterocycles. The summed E-state index contributed by atoms with van der Waals surface area (Å²) in [6.45, 7) is 6.84. The molecule has 1 aliphatic heterocycles. The minimum absolute atomic E-state index is 0.0739. The van der Waals surface area contributed by atoms with Crippen molar-refractivity contribution in [1.29, 1.82) is 0 Å². The number of non-ortho nitro benzene ring substituents is 1. The van der Waals surface area contributed by atoms with Crippen LogP contribution in [-0.2, 0) is 6.54 Å². The number of piperazine rings is 1. The molecule has 5 rings (SSSR count). The van der Waals surface area contributed by atoms with Crippen LogP contribution in [0, 0.1) is 22.9 Å². The van der Waals surface area contributed by atoms with Crippen LogP contribution in [0.3, 0.4) is 0 Å². The van der Waals surface area contributed by atoms with Crippen molar-refractivity contribution < 1.29 is 9.31 Å². The molecule has 36 heavy (non-hydrogen) atoms. The van der Waals surface area contributed by atoms with E-state index in [1.54, 1.807) is 12.1 Å². The number of nitro groups is 1. The van der Waals surface area contributed by atoms with Crippen LogP contribution < -0.4 is 10.5 Å². The lowest BCUT2D eigenvalue weighted by molar-refractivity contribution is -0.384. The Labute approximate surface area is 207 Å². The summed E-state index contributed by atoms with van der Waals surface area (Å²) in [4.78, 5) is 33.5. The quantitative estimate of drug-likeness (QED) is 0.305.